The average Bonchev–Trinajstić information content (AvgIpc) is 3.08. The van der Waals surface area contributed by atoms with Gasteiger partial charge in [-0.1, -0.05) is 42.5 Å². The molecule has 1 fully saturated rings. The van der Waals surface area contributed by atoms with Crippen LogP contribution in [0.3, 0.4) is 0 Å². The van der Waals surface area contributed by atoms with Gasteiger partial charge in [0.2, 0.25) is 0 Å². The number of aromatic carboxylic acids is 1. The Morgan fingerprint density at radius 1 is 0.909 bits per heavy atom. The predicted molar refractivity (Wildman–Crippen MR) is 84.0 cm³/mol. The fourth-order valence-electron chi connectivity index (χ4n) is 2.91. The quantitative estimate of drug-likeness (QED) is 0.945. The molecule has 0 aliphatic carbocycles. The Kier molecular flexibility index (Phi) is 3.92. The third kappa shape index (κ3) is 2.60. The number of likely N-dealkylation sites (tertiary alicyclic amines) is 1. The summed E-state index contributed by atoms with van der Waals surface area (Å²) < 4.78 is 0. The number of rotatable bonds is 3. The molecule has 1 N–H and O–H groups in total. The number of carbonyl (C=O) groups is 2. The van der Waals surface area contributed by atoms with Crippen LogP contribution in [0, 0.1) is 0 Å². The molecule has 1 saturated heterocycles. The predicted octanol–water partition coefficient (Wildman–Crippen LogP) is 3.29. The fraction of sp³-hybridized carbons (Fsp3) is 0.222. The molecule has 1 heterocycles. The second kappa shape index (κ2) is 6.02. The Morgan fingerprint density at radius 3 is 2.23 bits per heavy atom. The van der Waals surface area contributed by atoms with Crippen LogP contribution >= 0.6 is 0 Å². The molecule has 0 saturated carbocycles. The number of carboxylic acid groups (broad SMARTS) is 1. The van der Waals surface area contributed by atoms with Gasteiger partial charge in [-0.15, -0.1) is 0 Å². The normalized spacial score (nSPS) is 14.1. The second-order valence-corrected chi connectivity index (χ2v) is 5.40. The lowest BCUT2D eigenvalue weighted by Crippen LogP contribution is -2.29. The average molecular weight is 295 g/mol. The van der Waals surface area contributed by atoms with Gasteiger partial charge < -0.3 is 10.0 Å². The molecule has 112 valence electrons. The number of carboxylic acids is 1. The molecule has 22 heavy (non-hydrogen) atoms. The fourth-order valence-corrected chi connectivity index (χ4v) is 2.91. The molecular weight excluding hydrogens is 278 g/mol. The minimum atomic E-state index is -1.07. The van der Waals surface area contributed by atoms with E-state index in [2.05, 4.69) is 0 Å². The SMILES string of the molecule is O=C(O)c1c(C(=O)N2CCCC2)cccc1-c1ccccc1. The monoisotopic (exact) mass is 295 g/mol. The lowest BCUT2D eigenvalue weighted by atomic mass is 9.95. The van der Waals surface area contributed by atoms with Crippen LogP contribution in [0.2, 0.25) is 0 Å². The van der Waals surface area contributed by atoms with Crippen molar-refractivity contribution in [1.29, 1.82) is 0 Å². The largest absolute Gasteiger partial charge is 0.478 e. The second-order valence-electron chi connectivity index (χ2n) is 5.40. The zero-order valence-corrected chi connectivity index (χ0v) is 12.2. The van der Waals surface area contributed by atoms with Crippen LogP contribution < -0.4 is 0 Å². The minimum absolute atomic E-state index is 0.0885. The Hall–Kier alpha value is -2.62. The molecule has 2 aromatic rings. The number of benzene rings is 2. The summed E-state index contributed by atoms with van der Waals surface area (Å²) in [6, 6.07) is 14.4. The maximum Gasteiger partial charge on any atom is 0.337 e. The lowest BCUT2D eigenvalue weighted by Gasteiger charge is -2.18. The van der Waals surface area contributed by atoms with Crippen LogP contribution in [-0.4, -0.2) is 35.0 Å². The molecule has 0 unspecified atom stereocenters. The topological polar surface area (TPSA) is 57.6 Å². The number of carbonyl (C=O) groups excluding carboxylic acids is 1. The van der Waals surface area contributed by atoms with Gasteiger partial charge in [-0.2, -0.15) is 0 Å². The van der Waals surface area contributed by atoms with Gasteiger partial charge in [0, 0.05) is 13.1 Å². The van der Waals surface area contributed by atoms with E-state index in [4.69, 9.17) is 0 Å². The number of hydrogen-bond acceptors (Lipinski definition) is 2. The van der Waals surface area contributed by atoms with Crippen molar-refractivity contribution in [2.75, 3.05) is 13.1 Å². The van der Waals surface area contributed by atoms with E-state index in [-0.39, 0.29) is 17.0 Å². The van der Waals surface area contributed by atoms with E-state index < -0.39 is 5.97 Å². The maximum atomic E-state index is 12.6. The summed E-state index contributed by atoms with van der Waals surface area (Å²) in [6.07, 6.45) is 1.96. The minimum Gasteiger partial charge on any atom is -0.478 e. The standard InChI is InChI=1S/C18H17NO3/c20-17(19-11-4-5-12-19)15-10-6-9-14(16(15)18(21)22)13-7-2-1-3-8-13/h1-3,6-10H,4-5,11-12H2,(H,21,22). The van der Waals surface area contributed by atoms with Crippen LogP contribution in [0.25, 0.3) is 11.1 Å². The van der Waals surface area contributed by atoms with Crippen molar-refractivity contribution >= 4 is 11.9 Å². The first-order chi connectivity index (χ1) is 10.7. The van der Waals surface area contributed by atoms with Crippen LogP contribution in [0.15, 0.2) is 48.5 Å². The highest BCUT2D eigenvalue weighted by molar-refractivity contribution is 6.08. The van der Waals surface area contributed by atoms with E-state index in [0.717, 1.165) is 18.4 Å². The van der Waals surface area contributed by atoms with Crippen molar-refractivity contribution < 1.29 is 14.7 Å². The Bertz CT molecular complexity index is 704. The van der Waals surface area contributed by atoms with Crippen molar-refractivity contribution in [2.45, 2.75) is 12.8 Å². The molecule has 2 aromatic carbocycles. The van der Waals surface area contributed by atoms with E-state index in [1.807, 2.05) is 30.3 Å². The van der Waals surface area contributed by atoms with Gasteiger partial charge in [-0.3, -0.25) is 4.79 Å². The Balaban J connectivity index is 2.11. The molecular formula is C18H17NO3. The summed E-state index contributed by atoms with van der Waals surface area (Å²) in [6.45, 7) is 1.40. The van der Waals surface area contributed by atoms with Crippen molar-refractivity contribution in [2.24, 2.45) is 0 Å². The number of nitrogens with zero attached hydrogens (tertiary/aromatic N) is 1. The van der Waals surface area contributed by atoms with E-state index >= 15 is 0 Å². The zero-order valence-electron chi connectivity index (χ0n) is 12.2. The highest BCUT2D eigenvalue weighted by Crippen LogP contribution is 2.28. The van der Waals surface area contributed by atoms with Gasteiger partial charge in [0.15, 0.2) is 0 Å². The first-order valence-corrected chi connectivity index (χ1v) is 7.39. The summed E-state index contributed by atoms with van der Waals surface area (Å²) in [5.74, 6) is -1.25. The number of hydrogen-bond donors (Lipinski definition) is 1. The van der Waals surface area contributed by atoms with Gasteiger partial charge in [0.05, 0.1) is 11.1 Å². The molecule has 0 atom stereocenters. The Labute approximate surface area is 129 Å². The molecule has 0 radical (unpaired) electrons. The van der Waals surface area contributed by atoms with E-state index in [1.54, 1.807) is 23.1 Å². The molecule has 4 nitrogen and oxygen atoms in total. The zero-order chi connectivity index (χ0) is 15.5. The lowest BCUT2D eigenvalue weighted by molar-refractivity contribution is 0.0682. The van der Waals surface area contributed by atoms with Crippen LogP contribution in [0.4, 0.5) is 0 Å². The van der Waals surface area contributed by atoms with Gasteiger partial charge in [-0.05, 0) is 30.0 Å². The van der Waals surface area contributed by atoms with E-state index in [0.29, 0.717) is 18.7 Å². The van der Waals surface area contributed by atoms with E-state index in [9.17, 15) is 14.7 Å². The summed E-state index contributed by atoms with van der Waals surface area (Å²) in [4.78, 5) is 26.1. The van der Waals surface area contributed by atoms with Crippen molar-refractivity contribution in [1.82, 2.24) is 4.90 Å². The maximum absolute atomic E-state index is 12.6. The third-order valence-electron chi connectivity index (χ3n) is 3.99. The first-order valence-electron chi connectivity index (χ1n) is 7.39. The van der Waals surface area contributed by atoms with Gasteiger partial charge >= 0.3 is 5.97 Å². The van der Waals surface area contributed by atoms with Crippen LogP contribution in [-0.2, 0) is 0 Å². The van der Waals surface area contributed by atoms with Crippen molar-refractivity contribution in [3.05, 3.63) is 59.7 Å². The third-order valence-corrected chi connectivity index (χ3v) is 3.99. The summed E-state index contributed by atoms with van der Waals surface area (Å²) in [7, 11) is 0. The highest BCUT2D eigenvalue weighted by Gasteiger charge is 2.26. The van der Waals surface area contributed by atoms with Gasteiger partial charge in [-0.25, -0.2) is 4.79 Å². The Morgan fingerprint density at radius 2 is 1.59 bits per heavy atom. The first kappa shape index (κ1) is 14.3. The summed E-state index contributed by atoms with van der Waals surface area (Å²) in [5, 5.41) is 9.63. The highest BCUT2D eigenvalue weighted by atomic mass is 16.4. The van der Waals surface area contributed by atoms with Crippen molar-refractivity contribution in [3.8, 4) is 11.1 Å². The number of amides is 1. The summed E-state index contributed by atoms with van der Waals surface area (Å²) in [5.41, 5.74) is 1.75. The van der Waals surface area contributed by atoms with Crippen molar-refractivity contribution in [3.63, 3.8) is 0 Å². The molecule has 3 rings (SSSR count). The van der Waals surface area contributed by atoms with Crippen LogP contribution in [0.5, 0.6) is 0 Å². The van der Waals surface area contributed by atoms with E-state index in [1.165, 1.54) is 0 Å². The molecule has 0 spiro atoms. The molecule has 1 aliphatic rings. The molecule has 1 amide bonds. The molecule has 1 aliphatic heterocycles. The van der Waals surface area contributed by atoms with Gasteiger partial charge in [0.1, 0.15) is 0 Å². The van der Waals surface area contributed by atoms with Gasteiger partial charge in [0.25, 0.3) is 5.91 Å². The molecule has 0 bridgehead atoms. The summed E-state index contributed by atoms with van der Waals surface area (Å²) >= 11 is 0. The smallest absolute Gasteiger partial charge is 0.337 e. The molecule has 4 heteroatoms. The molecule has 0 aromatic heterocycles. The van der Waals surface area contributed by atoms with Crippen LogP contribution in [0.1, 0.15) is 33.6 Å².